The van der Waals surface area contributed by atoms with Crippen LogP contribution in [0.5, 0.6) is 5.75 Å². The van der Waals surface area contributed by atoms with Crippen LogP contribution in [0.3, 0.4) is 0 Å². The largest absolute Gasteiger partial charge is 0.497 e. The number of hydrogen-bond donors (Lipinski definition) is 2. The summed E-state index contributed by atoms with van der Waals surface area (Å²) in [5, 5.41) is 21.2. The van der Waals surface area contributed by atoms with Gasteiger partial charge in [-0.05, 0) is 94.5 Å². The van der Waals surface area contributed by atoms with Crippen molar-refractivity contribution in [2.45, 2.75) is 190 Å². The van der Waals surface area contributed by atoms with Crippen molar-refractivity contribution in [3.63, 3.8) is 0 Å². The van der Waals surface area contributed by atoms with Gasteiger partial charge in [0.15, 0.2) is 17.7 Å². The van der Waals surface area contributed by atoms with Crippen molar-refractivity contribution in [2.24, 2.45) is 53.3 Å². The number of aliphatic hydroxyl groups excluding tert-OH is 1. The van der Waals surface area contributed by atoms with Crippen molar-refractivity contribution >= 4 is 64.7 Å². The summed E-state index contributed by atoms with van der Waals surface area (Å²) >= 11 is 0. The molecule has 92 heavy (non-hydrogen) atoms. The molecule has 0 radical (unpaired) electrons. The minimum atomic E-state index is -1.63. The predicted octanol–water partition coefficient (Wildman–Crippen LogP) is 5.26. The molecule has 0 fully saturated rings. The van der Waals surface area contributed by atoms with Crippen LogP contribution in [0.25, 0.3) is 0 Å². The summed E-state index contributed by atoms with van der Waals surface area (Å²) in [5.74, 6) is -12.2. The molecule has 0 heterocycles. The Morgan fingerprint density at radius 2 is 0.989 bits per heavy atom. The Kier molecular flexibility index (Phi) is 35.2. The standard InChI is InChI=1S/C68H115N7O17/c1-26-42(10)56(55(78)33-43(11)61(80)71(18)50(31-38(2)3)54(77)35-48(62(81)70(17)45(13)67(86)87)34-47-27-29-49(91-25)30-28-47)44(12)59(79)52(36-89-23)73(20)65(84)58(46(14)76)75(22)63(82)51(32-39(4)5)72(19)64(83)53(37-90-24)74(21)66(85)60(41(8)9)92-68(88)57(40(6)7)69(15)16/h27-30,38-46,48,50-53,56-58,60,76H,26,31-37H2,1-25H3,(H,86,87). The average molecular weight is 1300 g/mol. The summed E-state index contributed by atoms with van der Waals surface area (Å²) in [4.78, 5) is 166. The summed E-state index contributed by atoms with van der Waals surface area (Å²) in [6.45, 7) is 23.4. The van der Waals surface area contributed by atoms with Gasteiger partial charge in [0.25, 0.3) is 5.91 Å². The van der Waals surface area contributed by atoms with Crippen LogP contribution in [0.4, 0.5) is 0 Å². The number of rotatable bonds is 41. The Labute approximate surface area is 548 Å². The van der Waals surface area contributed by atoms with E-state index in [0.29, 0.717) is 17.7 Å². The second-order valence-electron chi connectivity index (χ2n) is 27.0. The molecule has 2 N–H and O–H groups in total. The number of likely N-dealkylation sites (N-methyl/N-ethyl adjacent to an activating group) is 7. The topological polar surface area (TPSA) is 288 Å². The number of carboxylic acid groups (broad SMARTS) is 1. The third kappa shape index (κ3) is 23.0. The van der Waals surface area contributed by atoms with E-state index in [4.69, 9.17) is 18.9 Å². The molecule has 0 bridgehead atoms. The van der Waals surface area contributed by atoms with Gasteiger partial charge in [-0.25, -0.2) is 4.79 Å². The minimum absolute atomic E-state index is 0.0703. The highest BCUT2D eigenvalue weighted by molar-refractivity contribution is 5.99. The van der Waals surface area contributed by atoms with E-state index in [2.05, 4.69) is 0 Å². The number of aliphatic hydroxyl groups is 1. The summed E-state index contributed by atoms with van der Waals surface area (Å²) in [6.07, 6.45) is -2.66. The molecule has 0 aromatic heterocycles. The molecular weight excluding hydrogens is 1190 g/mol. The van der Waals surface area contributed by atoms with Gasteiger partial charge >= 0.3 is 11.9 Å². The number of esters is 1. The van der Waals surface area contributed by atoms with Gasteiger partial charge in [-0.3, -0.25) is 52.8 Å². The predicted molar refractivity (Wildman–Crippen MR) is 350 cm³/mol. The fraction of sp³-hybridized carbons (Fsp3) is 0.750. The maximum absolute atomic E-state index is 15.0. The smallest absolute Gasteiger partial charge is 0.326 e. The summed E-state index contributed by atoms with van der Waals surface area (Å²) in [7, 11) is 15.9. The number of amides is 6. The number of ketones is 3. The molecule has 0 aliphatic heterocycles. The van der Waals surface area contributed by atoms with Crippen LogP contribution >= 0.6 is 0 Å². The van der Waals surface area contributed by atoms with Crippen LogP contribution in [-0.2, 0) is 73.4 Å². The Bertz CT molecular complexity index is 2600. The van der Waals surface area contributed by atoms with Gasteiger partial charge in [-0.1, -0.05) is 102 Å². The number of benzene rings is 1. The van der Waals surface area contributed by atoms with Crippen molar-refractivity contribution in [1.29, 1.82) is 0 Å². The number of aliphatic carboxylic acids is 1. The second-order valence-corrected chi connectivity index (χ2v) is 27.0. The van der Waals surface area contributed by atoms with E-state index >= 15 is 4.79 Å². The van der Waals surface area contributed by atoms with Gasteiger partial charge in [0, 0.05) is 93.0 Å². The molecule has 24 heteroatoms. The summed E-state index contributed by atoms with van der Waals surface area (Å²) in [5.41, 5.74) is 0.698. The number of hydrogen-bond acceptors (Lipinski definition) is 17. The Morgan fingerprint density at radius 3 is 1.43 bits per heavy atom. The molecule has 0 saturated heterocycles. The first-order valence-electron chi connectivity index (χ1n) is 32.2. The van der Waals surface area contributed by atoms with Crippen LogP contribution in [0.1, 0.15) is 135 Å². The van der Waals surface area contributed by atoms with Crippen molar-refractivity contribution < 1.29 is 81.9 Å². The molecule has 0 aliphatic carbocycles. The zero-order valence-corrected chi connectivity index (χ0v) is 60.0. The lowest BCUT2D eigenvalue weighted by molar-refractivity contribution is -0.170. The molecule has 524 valence electrons. The Morgan fingerprint density at radius 1 is 0.511 bits per heavy atom. The summed E-state index contributed by atoms with van der Waals surface area (Å²) < 4.78 is 22.1. The van der Waals surface area contributed by atoms with Crippen LogP contribution in [0, 0.1) is 53.3 Å². The number of carbonyl (C=O) groups excluding carboxylic acids is 10. The lowest BCUT2D eigenvalue weighted by atomic mass is 9.74. The lowest BCUT2D eigenvalue weighted by Gasteiger charge is -2.40. The third-order valence-corrected chi connectivity index (χ3v) is 17.8. The quantitative estimate of drug-likeness (QED) is 0.0790. The number of carboxylic acids is 1. The van der Waals surface area contributed by atoms with Crippen molar-refractivity contribution in [3.05, 3.63) is 29.8 Å². The number of Topliss-reactive ketones (excluding diaryl/α,β-unsaturated/α-hetero) is 3. The van der Waals surface area contributed by atoms with Gasteiger partial charge < -0.3 is 58.6 Å². The normalized spacial score (nSPS) is 16.3. The zero-order chi connectivity index (χ0) is 71.3. The lowest BCUT2D eigenvalue weighted by Crippen LogP contribution is -2.62. The van der Waals surface area contributed by atoms with Crippen molar-refractivity contribution in [1.82, 2.24) is 34.3 Å². The first-order valence-corrected chi connectivity index (χ1v) is 32.2. The number of methoxy groups -OCH3 is 3. The molecule has 1 aromatic carbocycles. The molecule has 1 rings (SSSR count). The van der Waals surface area contributed by atoms with Crippen molar-refractivity contribution in [2.75, 3.05) is 90.9 Å². The monoisotopic (exact) mass is 1300 g/mol. The van der Waals surface area contributed by atoms with Crippen LogP contribution in [-0.4, -0.2) is 255 Å². The first kappa shape index (κ1) is 83.6. The van der Waals surface area contributed by atoms with E-state index < -0.39 is 155 Å². The Balaban J connectivity index is 3.68. The molecule has 0 spiro atoms. The fourth-order valence-electron chi connectivity index (χ4n) is 12.0. The van der Waals surface area contributed by atoms with E-state index in [1.54, 1.807) is 71.0 Å². The van der Waals surface area contributed by atoms with E-state index in [0.717, 1.165) is 19.6 Å². The highest BCUT2D eigenvalue weighted by Crippen LogP contribution is 2.32. The van der Waals surface area contributed by atoms with Gasteiger partial charge in [0.05, 0.1) is 32.5 Å². The SMILES string of the molecule is CCC(C)C(C(=O)CC(C)C(=O)N(C)C(CC(C)C)C(=O)CC(Cc1ccc(OC)cc1)C(=O)N(C)C(C)C(=O)O)C(C)C(=O)C(COC)N(C)C(=O)C(C(C)O)N(C)C(=O)C(CC(C)C)N(C)C(=O)C(COC)N(C)C(=O)C(OC(=O)C(C(C)C)N(C)C)C(C)C. The average Bonchev–Trinajstić information content (AvgIpc) is 0.825. The molecule has 6 amide bonds. The third-order valence-electron chi connectivity index (χ3n) is 17.8. The minimum Gasteiger partial charge on any atom is -0.497 e. The van der Waals surface area contributed by atoms with E-state index in [9.17, 15) is 58.2 Å². The molecule has 24 nitrogen and oxygen atoms in total. The van der Waals surface area contributed by atoms with Gasteiger partial charge in [-0.15, -0.1) is 0 Å². The molecule has 14 atom stereocenters. The highest BCUT2D eigenvalue weighted by atomic mass is 16.6. The van der Waals surface area contributed by atoms with Gasteiger partial charge in [-0.2, -0.15) is 0 Å². The molecule has 1 aromatic rings. The zero-order valence-electron chi connectivity index (χ0n) is 60.0. The maximum Gasteiger partial charge on any atom is 0.326 e. The fourth-order valence-corrected chi connectivity index (χ4v) is 12.0. The van der Waals surface area contributed by atoms with Crippen LogP contribution in [0.2, 0.25) is 0 Å². The summed E-state index contributed by atoms with van der Waals surface area (Å²) in [6, 6.07) is -1.53. The van der Waals surface area contributed by atoms with Gasteiger partial charge in [0.1, 0.15) is 47.8 Å². The van der Waals surface area contributed by atoms with Crippen LogP contribution < -0.4 is 4.74 Å². The number of carbonyl (C=O) groups is 11. The first-order chi connectivity index (χ1) is 42.6. The van der Waals surface area contributed by atoms with E-state index in [1.807, 2.05) is 55.4 Å². The van der Waals surface area contributed by atoms with E-state index in [1.165, 1.54) is 87.3 Å². The molecular formula is C68H115N7O17. The molecule has 0 aliphatic rings. The van der Waals surface area contributed by atoms with Crippen molar-refractivity contribution in [3.8, 4) is 5.75 Å². The molecule has 0 saturated carbocycles. The Hall–Kier alpha value is -6.37. The molecule has 14 unspecified atom stereocenters. The van der Waals surface area contributed by atoms with E-state index in [-0.39, 0.29) is 63.1 Å². The second kappa shape index (κ2) is 38.7. The number of nitrogens with zero attached hydrogens (tertiary/aromatic N) is 7. The highest BCUT2D eigenvalue weighted by Gasteiger charge is 2.46. The maximum atomic E-state index is 15.0. The van der Waals surface area contributed by atoms with Gasteiger partial charge in [0.2, 0.25) is 29.5 Å². The number of ether oxygens (including phenoxy) is 4. The van der Waals surface area contributed by atoms with Crippen LogP contribution in [0.15, 0.2) is 24.3 Å².